The zero-order chi connectivity index (χ0) is 25.3. The summed E-state index contributed by atoms with van der Waals surface area (Å²) in [6, 6.07) is 16.1. The van der Waals surface area contributed by atoms with Gasteiger partial charge in [0.2, 0.25) is 0 Å². The number of carbonyl (C=O) groups is 2. The molecule has 3 aromatic rings. The van der Waals surface area contributed by atoms with Gasteiger partial charge in [-0.1, -0.05) is 62.7 Å². The first-order valence-corrected chi connectivity index (χ1v) is 11.5. The summed E-state index contributed by atoms with van der Waals surface area (Å²) in [5, 5.41) is 11.6. The van der Waals surface area contributed by atoms with Gasteiger partial charge in [0, 0.05) is 18.9 Å². The van der Waals surface area contributed by atoms with E-state index < -0.39 is 17.7 Å². The zero-order valence-electron chi connectivity index (χ0n) is 20.7. The molecule has 6 heteroatoms. The summed E-state index contributed by atoms with van der Waals surface area (Å²) in [6.07, 6.45) is 3.33. The van der Waals surface area contributed by atoms with Crippen LogP contribution < -0.4 is 4.74 Å². The van der Waals surface area contributed by atoms with Gasteiger partial charge in [0.15, 0.2) is 0 Å². The van der Waals surface area contributed by atoms with E-state index >= 15 is 0 Å². The van der Waals surface area contributed by atoms with E-state index in [0.29, 0.717) is 11.3 Å². The highest BCUT2D eigenvalue weighted by molar-refractivity contribution is 6.46. The summed E-state index contributed by atoms with van der Waals surface area (Å²) in [4.78, 5) is 32.3. The number of amides is 1. The van der Waals surface area contributed by atoms with Crippen molar-refractivity contribution < 1.29 is 19.4 Å². The number of likely N-dealkylation sites (tertiary alicyclic amines) is 1. The Morgan fingerprint density at radius 1 is 1.09 bits per heavy atom. The quantitative estimate of drug-likeness (QED) is 0.310. The lowest BCUT2D eigenvalue weighted by molar-refractivity contribution is -0.140. The molecule has 1 aliphatic rings. The molecule has 180 valence electrons. The zero-order valence-corrected chi connectivity index (χ0v) is 20.7. The Kier molecular flexibility index (Phi) is 6.48. The average Bonchev–Trinajstić information content (AvgIpc) is 3.08. The second-order valence-electron chi connectivity index (χ2n) is 9.87. The van der Waals surface area contributed by atoms with Gasteiger partial charge in [-0.3, -0.25) is 14.6 Å². The third kappa shape index (κ3) is 4.69. The fourth-order valence-electron chi connectivity index (χ4n) is 4.42. The highest BCUT2D eigenvalue weighted by Crippen LogP contribution is 2.42. The van der Waals surface area contributed by atoms with Crippen LogP contribution in [0.3, 0.4) is 0 Å². The minimum absolute atomic E-state index is 0.0499. The number of ether oxygens (including phenoxy) is 1. The van der Waals surface area contributed by atoms with Crippen LogP contribution in [0.5, 0.6) is 5.75 Å². The molecule has 1 aromatic heterocycles. The van der Waals surface area contributed by atoms with Gasteiger partial charge in [0.1, 0.15) is 11.5 Å². The molecule has 0 radical (unpaired) electrons. The number of pyridine rings is 1. The van der Waals surface area contributed by atoms with Gasteiger partial charge >= 0.3 is 0 Å². The smallest absolute Gasteiger partial charge is 0.295 e. The maximum Gasteiger partial charge on any atom is 0.295 e. The van der Waals surface area contributed by atoms with E-state index in [1.54, 1.807) is 24.5 Å². The van der Waals surface area contributed by atoms with Crippen molar-refractivity contribution in [1.29, 1.82) is 0 Å². The van der Waals surface area contributed by atoms with Gasteiger partial charge in [-0.15, -0.1) is 0 Å². The second-order valence-corrected chi connectivity index (χ2v) is 9.87. The molecule has 0 saturated carbocycles. The van der Waals surface area contributed by atoms with Crippen LogP contribution in [-0.2, 0) is 21.5 Å². The van der Waals surface area contributed by atoms with Crippen molar-refractivity contribution in [3.8, 4) is 5.75 Å². The third-order valence-electron chi connectivity index (χ3n) is 6.29. The van der Waals surface area contributed by atoms with Gasteiger partial charge in [0.05, 0.1) is 24.3 Å². The number of nitrogens with zero attached hydrogens (tertiary/aromatic N) is 2. The fourth-order valence-corrected chi connectivity index (χ4v) is 4.42. The van der Waals surface area contributed by atoms with Crippen LogP contribution >= 0.6 is 0 Å². The molecule has 1 atom stereocenters. The van der Waals surface area contributed by atoms with Crippen molar-refractivity contribution in [3.05, 3.63) is 100 Å². The van der Waals surface area contributed by atoms with Crippen LogP contribution in [-0.4, -0.2) is 33.8 Å². The number of ketones is 1. The Hall–Kier alpha value is -3.93. The Morgan fingerprint density at radius 2 is 1.86 bits per heavy atom. The Balaban J connectivity index is 1.94. The monoisotopic (exact) mass is 470 g/mol. The molecular formula is C29H30N2O4. The highest BCUT2D eigenvalue weighted by atomic mass is 16.5. The number of benzene rings is 2. The number of rotatable bonds is 5. The Bertz CT molecular complexity index is 1310. The molecule has 0 aliphatic carbocycles. The molecule has 1 saturated heterocycles. The van der Waals surface area contributed by atoms with E-state index in [2.05, 4.69) is 25.8 Å². The summed E-state index contributed by atoms with van der Waals surface area (Å²) in [5.41, 5.74) is 3.74. The number of hydrogen-bond acceptors (Lipinski definition) is 5. The van der Waals surface area contributed by atoms with Crippen molar-refractivity contribution >= 4 is 17.4 Å². The number of aliphatic hydroxyl groups excluding tert-OH is 1. The molecule has 0 spiro atoms. The van der Waals surface area contributed by atoms with Gasteiger partial charge in [0.25, 0.3) is 11.7 Å². The van der Waals surface area contributed by atoms with Crippen LogP contribution in [0.4, 0.5) is 0 Å². The summed E-state index contributed by atoms with van der Waals surface area (Å²) < 4.78 is 5.53. The molecule has 1 unspecified atom stereocenters. The van der Waals surface area contributed by atoms with Crippen molar-refractivity contribution in [1.82, 2.24) is 9.88 Å². The maximum absolute atomic E-state index is 13.4. The highest BCUT2D eigenvalue weighted by Gasteiger charge is 2.46. The summed E-state index contributed by atoms with van der Waals surface area (Å²) in [6.45, 7) is 8.34. The summed E-state index contributed by atoms with van der Waals surface area (Å²) >= 11 is 0. The number of Topliss-reactive ketones (excluding diaryl/α,β-unsaturated/α-hetero) is 1. The van der Waals surface area contributed by atoms with Crippen LogP contribution in [0.1, 0.15) is 54.6 Å². The average molecular weight is 471 g/mol. The first-order chi connectivity index (χ1) is 16.6. The van der Waals surface area contributed by atoms with Crippen molar-refractivity contribution in [2.75, 3.05) is 7.11 Å². The SMILES string of the molecule is COc1ccc(C(C)(C)C)cc1/C(O)=C1\C(=O)C(=O)N(Cc2cccnc2)C1c1cccc(C)c1. The standard InChI is InChI=1S/C29H30N2O4/c1-18-8-6-10-20(14-18)25-24(27(33)28(34)31(25)17-19-9-7-13-30-16-19)26(32)22-15-21(29(2,3)4)11-12-23(22)35-5/h6-16,25,32H,17H2,1-5H3/b26-24+. The fraction of sp³-hybridized carbons (Fsp3) is 0.276. The topological polar surface area (TPSA) is 79.7 Å². The first-order valence-electron chi connectivity index (χ1n) is 11.5. The van der Waals surface area contributed by atoms with Gasteiger partial charge in [-0.25, -0.2) is 0 Å². The van der Waals surface area contributed by atoms with Gasteiger partial charge in [-0.05, 0) is 47.2 Å². The number of aromatic nitrogens is 1. The van der Waals surface area contributed by atoms with Crippen LogP contribution in [0.15, 0.2) is 72.6 Å². The van der Waals surface area contributed by atoms with Crippen molar-refractivity contribution in [2.24, 2.45) is 0 Å². The predicted molar refractivity (Wildman–Crippen MR) is 135 cm³/mol. The summed E-state index contributed by atoms with van der Waals surface area (Å²) in [5.74, 6) is -1.20. The van der Waals surface area contributed by atoms with E-state index in [1.807, 2.05) is 49.4 Å². The third-order valence-corrected chi connectivity index (χ3v) is 6.29. The molecule has 1 aliphatic heterocycles. The number of aliphatic hydroxyl groups is 1. The lowest BCUT2D eigenvalue weighted by Gasteiger charge is -2.26. The van der Waals surface area contributed by atoms with E-state index in [9.17, 15) is 14.7 Å². The maximum atomic E-state index is 13.4. The van der Waals surface area contributed by atoms with E-state index in [-0.39, 0.29) is 23.3 Å². The van der Waals surface area contributed by atoms with Crippen LogP contribution in [0.25, 0.3) is 5.76 Å². The molecule has 2 heterocycles. The van der Waals surface area contributed by atoms with Crippen LogP contribution in [0, 0.1) is 6.92 Å². The lowest BCUT2D eigenvalue weighted by atomic mass is 9.85. The molecule has 1 amide bonds. The normalized spacial score (nSPS) is 17.6. The van der Waals surface area contributed by atoms with Gasteiger partial charge < -0.3 is 14.7 Å². The number of hydrogen-bond donors (Lipinski definition) is 1. The number of carbonyl (C=O) groups excluding carboxylic acids is 2. The minimum Gasteiger partial charge on any atom is -0.507 e. The molecule has 0 bridgehead atoms. The van der Waals surface area contributed by atoms with E-state index in [4.69, 9.17) is 4.74 Å². The van der Waals surface area contributed by atoms with E-state index in [1.165, 1.54) is 12.0 Å². The molecule has 1 N–H and O–H groups in total. The predicted octanol–water partition coefficient (Wildman–Crippen LogP) is 5.32. The largest absolute Gasteiger partial charge is 0.507 e. The second kappa shape index (κ2) is 9.37. The van der Waals surface area contributed by atoms with Crippen molar-refractivity contribution in [3.63, 3.8) is 0 Å². The molecule has 2 aromatic carbocycles. The van der Waals surface area contributed by atoms with Gasteiger partial charge in [-0.2, -0.15) is 0 Å². The molecular weight excluding hydrogens is 440 g/mol. The number of methoxy groups -OCH3 is 1. The number of aryl methyl sites for hydroxylation is 1. The first kappa shape index (κ1) is 24.2. The minimum atomic E-state index is -0.752. The molecule has 6 nitrogen and oxygen atoms in total. The molecule has 35 heavy (non-hydrogen) atoms. The Labute approximate surface area is 205 Å². The lowest BCUT2D eigenvalue weighted by Crippen LogP contribution is -2.29. The summed E-state index contributed by atoms with van der Waals surface area (Å²) in [7, 11) is 1.52. The molecule has 4 rings (SSSR count). The van der Waals surface area contributed by atoms with E-state index in [0.717, 1.165) is 22.3 Å². The molecule has 1 fully saturated rings. The van der Waals surface area contributed by atoms with Crippen LogP contribution in [0.2, 0.25) is 0 Å². The Morgan fingerprint density at radius 3 is 2.49 bits per heavy atom. The van der Waals surface area contributed by atoms with Crippen molar-refractivity contribution in [2.45, 2.75) is 45.7 Å².